The molecule has 1 heterocycles. The van der Waals surface area contributed by atoms with Gasteiger partial charge in [-0.1, -0.05) is 0 Å². The lowest BCUT2D eigenvalue weighted by Gasteiger charge is -2.34. The molecule has 0 amide bonds. The minimum Gasteiger partial charge on any atom is -0.743 e. The predicted molar refractivity (Wildman–Crippen MR) is 79.5 cm³/mol. The number of hydrogen-bond acceptors (Lipinski definition) is 4. The number of aryl methyl sites for hydroxylation is 1. The number of halogens is 9. The fourth-order valence-corrected chi connectivity index (χ4v) is 2.10. The van der Waals surface area contributed by atoms with Gasteiger partial charge in [-0.25, -0.2) is 17.6 Å². The lowest BCUT2D eigenvalue weighted by Crippen LogP contribution is -2.63. The highest BCUT2D eigenvalue weighted by atomic mass is 32.2. The molecule has 1 aromatic heterocycles. The van der Waals surface area contributed by atoms with Crippen molar-refractivity contribution in [3.05, 3.63) is 18.2 Å². The zero-order valence-corrected chi connectivity index (χ0v) is 16.3. The van der Waals surface area contributed by atoms with Crippen LogP contribution in [0.5, 0.6) is 0 Å². The first-order chi connectivity index (χ1) is 12.6. The Hall–Kier alpha value is -1.55. The van der Waals surface area contributed by atoms with E-state index in [1.807, 2.05) is 0 Å². The van der Waals surface area contributed by atoms with Crippen LogP contribution >= 0.6 is 0 Å². The second kappa shape index (κ2) is 8.67. The Kier molecular flexibility index (Phi) is 8.21. The molecule has 0 unspecified atom stereocenters. The van der Waals surface area contributed by atoms with Gasteiger partial charge in [0.05, 0.1) is 7.05 Å². The van der Waals surface area contributed by atoms with E-state index in [1.54, 1.807) is 0 Å². The minimum absolute atomic E-state index is 1.07. The van der Waals surface area contributed by atoms with E-state index in [4.69, 9.17) is 0 Å². The SMILES string of the molecule is Cc1n(CCN(C)C)cc[n+]1C.O=S(=O)([O-])C(F)(F)C(F)(F)C(F)(F)C(F)(F)F. The van der Waals surface area contributed by atoms with E-state index < -0.39 is 33.4 Å². The molecule has 0 aliphatic heterocycles. The van der Waals surface area contributed by atoms with Gasteiger partial charge >= 0.3 is 23.3 Å². The highest BCUT2D eigenvalue weighted by molar-refractivity contribution is 7.86. The number of likely N-dealkylation sites (N-methyl/N-ethyl adjacent to an activating group) is 1. The summed E-state index contributed by atoms with van der Waals surface area (Å²) in [7, 11) is -1.15. The molecule has 1 aromatic rings. The maximum absolute atomic E-state index is 12.2. The number of aromatic nitrogens is 2. The first-order valence-corrected chi connectivity index (χ1v) is 8.83. The molecular weight excluding hydrogens is 449 g/mol. The van der Waals surface area contributed by atoms with Gasteiger partial charge in [0.15, 0.2) is 10.1 Å². The molecule has 0 fully saturated rings. The third kappa shape index (κ3) is 5.75. The van der Waals surface area contributed by atoms with Crippen molar-refractivity contribution in [3.8, 4) is 0 Å². The van der Waals surface area contributed by atoms with E-state index in [2.05, 4.69) is 54.5 Å². The van der Waals surface area contributed by atoms with Crippen LogP contribution in [0.3, 0.4) is 0 Å². The summed E-state index contributed by atoms with van der Waals surface area (Å²) in [5.74, 6) is -13.5. The first kappa shape index (κ1) is 27.5. The fraction of sp³-hybridized carbons (Fsp3) is 0.769. The van der Waals surface area contributed by atoms with Crippen LogP contribution < -0.4 is 4.57 Å². The maximum atomic E-state index is 12.2. The van der Waals surface area contributed by atoms with E-state index in [0.717, 1.165) is 13.1 Å². The first-order valence-electron chi connectivity index (χ1n) is 7.43. The van der Waals surface area contributed by atoms with Crippen molar-refractivity contribution in [1.82, 2.24) is 9.47 Å². The highest BCUT2D eigenvalue weighted by Gasteiger charge is 2.83. The van der Waals surface area contributed by atoms with Gasteiger partial charge in [-0.15, -0.1) is 0 Å². The van der Waals surface area contributed by atoms with Gasteiger partial charge in [-0.05, 0) is 14.1 Å². The summed E-state index contributed by atoms with van der Waals surface area (Å²) in [5.41, 5.74) is 0. The number of nitrogens with zero attached hydrogens (tertiary/aromatic N) is 3. The van der Waals surface area contributed by atoms with Crippen molar-refractivity contribution in [2.75, 3.05) is 20.6 Å². The Bertz CT molecular complexity index is 789. The third-order valence-electron chi connectivity index (χ3n) is 3.61. The Morgan fingerprint density at radius 2 is 1.48 bits per heavy atom. The molecule has 0 spiro atoms. The monoisotopic (exact) mass is 467 g/mol. The smallest absolute Gasteiger partial charge is 0.460 e. The minimum atomic E-state index is -7.43. The third-order valence-corrected chi connectivity index (χ3v) is 4.50. The quantitative estimate of drug-likeness (QED) is 0.365. The molecule has 0 radical (unpaired) electrons. The summed E-state index contributed by atoms with van der Waals surface area (Å²) < 4.78 is 140. The fourth-order valence-electron chi connectivity index (χ4n) is 1.66. The molecule has 0 aliphatic carbocycles. The molecule has 172 valence electrons. The van der Waals surface area contributed by atoms with Crippen LogP contribution in [0.1, 0.15) is 5.82 Å². The molecular formula is C13H18F9N3O3S. The summed E-state index contributed by atoms with van der Waals surface area (Å²) in [4.78, 5) is 2.19. The molecule has 0 aliphatic rings. The Morgan fingerprint density at radius 1 is 1.03 bits per heavy atom. The lowest BCUT2D eigenvalue weighted by atomic mass is 10.1. The summed E-state index contributed by atoms with van der Waals surface area (Å²) >= 11 is 0. The second-order valence-electron chi connectivity index (χ2n) is 6.07. The Labute approximate surface area is 160 Å². The number of hydrogen-bond donors (Lipinski definition) is 0. The van der Waals surface area contributed by atoms with Crippen LogP contribution in [0.15, 0.2) is 12.4 Å². The normalized spacial score (nSPS) is 14.0. The van der Waals surface area contributed by atoms with Gasteiger partial charge in [0.25, 0.3) is 5.82 Å². The van der Waals surface area contributed by atoms with E-state index in [1.165, 1.54) is 5.82 Å². The van der Waals surface area contributed by atoms with Crippen molar-refractivity contribution in [2.24, 2.45) is 7.05 Å². The molecule has 16 heteroatoms. The zero-order chi connectivity index (χ0) is 23.6. The highest BCUT2D eigenvalue weighted by Crippen LogP contribution is 2.54. The summed E-state index contributed by atoms with van der Waals surface area (Å²) in [5, 5.41) is -7.11. The van der Waals surface area contributed by atoms with Crippen molar-refractivity contribution in [3.63, 3.8) is 0 Å². The van der Waals surface area contributed by atoms with E-state index in [0.29, 0.717) is 0 Å². The van der Waals surface area contributed by atoms with Gasteiger partial charge < -0.3 is 9.45 Å². The Morgan fingerprint density at radius 3 is 1.76 bits per heavy atom. The standard InChI is InChI=1S/C9H18N3.C4HF9O3S/c1-9-11(4)6-8-12(9)7-5-10(2)3;5-1(6,3(9,10)11)2(7,8)4(12,13)17(14,15)16/h6,8H,5,7H2,1-4H3;(H,14,15,16)/q+1;/p-1. The van der Waals surface area contributed by atoms with Crippen LogP contribution in [-0.4, -0.2) is 66.4 Å². The van der Waals surface area contributed by atoms with Crippen molar-refractivity contribution in [2.45, 2.75) is 36.7 Å². The van der Waals surface area contributed by atoms with Gasteiger partial charge in [0.1, 0.15) is 18.9 Å². The molecule has 6 nitrogen and oxygen atoms in total. The Balaban J connectivity index is 0.000000571. The van der Waals surface area contributed by atoms with Gasteiger partial charge in [0, 0.05) is 13.5 Å². The number of rotatable bonds is 6. The molecule has 0 atom stereocenters. The van der Waals surface area contributed by atoms with Crippen LogP contribution in [0.4, 0.5) is 39.5 Å². The summed E-state index contributed by atoms with van der Waals surface area (Å²) in [6.07, 6.45) is -2.95. The predicted octanol–water partition coefficient (Wildman–Crippen LogP) is 2.14. The molecule has 29 heavy (non-hydrogen) atoms. The molecule has 1 rings (SSSR count). The number of imidazole rings is 1. The van der Waals surface area contributed by atoms with E-state index >= 15 is 0 Å². The number of alkyl halides is 9. The van der Waals surface area contributed by atoms with Crippen molar-refractivity contribution < 1.29 is 57.1 Å². The second-order valence-corrected chi connectivity index (χ2v) is 7.49. The van der Waals surface area contributed by atoms with Crippen molar-refractivity contribution in [1.29, 1.82) is 0 Å². The van der Waals surface area contributed by atoms with Crippen LogP contribution in [0.2, 0.25) is 0 Å². The average Bonchev–Trinajstić information content (AvgIpc) is 2.82. The molecule has 0 N–H and O–H groups in total. The average molecular weight is 467 g/mol. The molecule has 0 saturated heterocycles. The van der Waals surface area contributed by atoms with Crippen LogP contribution in [0.25, 0.3) is 0 Å². The zero-order valence-electron chi connectivity index (χ0n) is 15.4. The molecule has 0 bridgehead atoms. The summed E-state index contributed by atoms with van der Waals surface area (Å²) in [6, 6.07) is 0. The van der Waals surface area contributed by atoms with Crippen LogP contribution in [0, 0.1) is 6.92 Å². The topological polar surface area (TPSA) is 69.2 Å². The molecule has 0 aromatic carbocycles. The molecule has 0 saturated carbocycles. The largest absolute Gasteiger partial charge is 0.743 e. The van der Waals surface area contributed by atoms with E-state index in [-0.39, 0.29) is 0 Å². The van der Waals surface area contributed by atoms with Gasteiger partial charge in [-0.2, -0.15) is 39.5 Å². The van der Waals surface area contributed by atoms with E-state index in [9.17, 15) is 52.5 Å². The maximum Gasteiger partial charge on any atom is 0.460 e. The lowest BCUT2D eigenvalue weighted by molar-refractivity contribution is -0.677. The van der Waals surface area contributed by atoms with Crippen molar-refractivity contribution >= 4 is 10.1 Å². The summed E-state index contributed by atoms with van der Waals surface area (Å²) in [6.45, 7) is 4.30. The van der Waals surface area contributed by atoms with Gasteiger partial charge in [-0.3, -0.25) is 0 Å². The van der Waals surface area contributed by atoms with Crippen LogP contribution in [-0.2, 0) is 23.7 Å². The van der Waals surface area contributed by atoms with Gasteiger partial charge in [0.2, 0.25) is 0 Å².